The van der Waals surface area contributed by atoms with E-state index in [-0.39, 0.29) is 11.8 Å². The molecule has 0 bridgehead atoms. The molecule has 0 heterocycles. The van der Waals surface area contributed by atoms with Gasteiger partial charge in [-0.3, -0.25) is 4.79 Å². The molecule has 0 aliphatic carbocycles. The van der Waals surface area contributed by atoms with Crippen molar-refractivity contribution in [3.8, 4) is 11.5 Å². The van der Waals surface area contributed by atoms with Gasteiger partial charge in [-0.15, -0.1) is 0 Å². The lowest BCUT2D eigenvalue weighted by Crippen LogP contribution is -2.29. The van der Waals surface area contributed by atoms with E-state index in [1.54, 1.807) is 14.2 Å². The van der Waals surface area contributed by atoms with E-state index in [2.05, 4.69) is 29.6 Å². The highest BCUT2D eigenvalue weighted by Gasteiger charge is 2.16. The second kappa shape index (κ2) is 11.1. The molecule has 3 rings (SSSR count). The number of hydrogen-bond acceptors (Lipinski definition) is 3. The highest BCUT2D eigenvalue weighted by molar-refractivity contribution is 5.76. The number of nitrogens with one attached hydrogen (secondary N) is 1. The number of benzene rings is 3. The van der Waals surface area contributed by atoms with Crippen molar-refractivity contribution < 1.29 is 14.3 Å². The molecule has 1 amide bonds. The van der Waals surface area contributed by atoms with Crippen LogP contribution in [0.1, 0.15) is 29.0 Å². The van der Waals surface area contributed by atoms with Crippen LogP contribution in [0.25, 0.3) is 0 Å². The van der Waals surface area contributed by atoms with Crippen molar-refractivity contribution in [2.45, 2.75) is 25.2 Å². The van der Waals surface area contributed by atoms with Gasteiger partial charge in [-0.25, -0.2) is 0 Å². The van der Waals surface area contributed by atoms with Gasteiger partial charge in [0.15, 0.2) is 11.5 Å². The van der Waals surface area contributed by atoms with Gasteiger partial charge in [0.25, 0.3) is 0 Å². The zero-order chi connectivity index (χ0) is 21.2. The Morgan fingerprint density at radius 1 is 0.833 bits per heavy atom. The third kappa shape index (κ3) is 6.11. The van der Waals surface area contributed by atoms with Gasteiger partial charge in [0.1, 0.15) is 0 Å². The maximum atomic E-state index is 12.5. The van der Waals surface area contributed by atoms with Gasteiger partial charge in [-0.1, -0.05) is 66.7 Å². The van der Waals surface area contributed by atoms with E-state index in [0.717, 1.165) is 18.4 Å². The summed E-state index contributed by atoms with van der Waals surface area (Å²) in [7, 11) is 3.27. The fourth-order valence-corrected chi connectivity index (χ4v) is 3.54. The van der Waals surface area contributed by atoms with Gasteiger partial charge in [-0.2, -0.15) is 0 Å². The maximum Gasteiger partial charge on any atom is 0.220 e. The summed E-state index contributed by atoms with van der Waals surface area (Å²) >= 11 is 0. The summed E-state index contributed by atoms with van der Waals surface area (Å²) in [6.45, 7) is 0.567. The molecule has 0 saturated carbocycles. The van der Waals surface area contributed by atoms with E-state index in [9.17, 15) is 4.79 Å². The Morgan fingerprint density at radius 3 is 2.10 bits per heavy atom. The minimum absolute atomic E-state index is 0.0670. The normalized spacial score (nSPS) is 11.5. The standard InChI is InChI=1S/C26H29NO3/c1-29-24-15-14-22(18-25(24)30-2)23(17-21-11-7-4-8-12-21)19-27-26(28)16-13-20-9-5-3-6-10-20/h3-12,14-15,18,23H,13,16-17,19H2,1-2H3,(H,27,28)/t23-/m1/s1. The highest BCUT2D eigenvalue weighted by Crippen LogP contribution is 2.31. The maximum absolute atomic E-state index is 12.5. The summed E-state index contributed by atoms with van der Waals surface area (Å²) in [4.78, 5) is 12.5. The summed E-state index contributed by atoms with van der Waals surface area (Å²) in [6, 6.07) is 26.4. The van der Waals surface area contributed by atoms with Crippen LogP contribution in [-0.4, -0.2) is 26.7 Å². The van der Waals surface area contributed by atoms with Crippen LogP contribution in [0.2, 0.25) is 0 Å². The lowest BCUT2D eigenvalue weighted by atomic mass is 9.91. The first-order valence-electron chi connectivity index (χ1n) is 10.3. The smallest absolute Gasteiger partial charge is 0.220 e. The third-order valence-corrected chi connectivity index (χ3v) is 5.23. The van der Waals surface area contributed by atoms with Gasteiger partial charge in [0.05, 0.1) is 14.2 Å². The van der Waals surface area contributed by atoms with Crippen molar-refractivity contribution in [3.63, 3.8) is 0 Å². The number of methoxy groups -OCH3 is 2. The predicted octanol–water partition coefficient (Wildman–Crippen LogP) is 4.78. The molecule has 3 aromatic carbocycles. The van der Waals surface area contributed by atoms with E-state index in [1.807, 2.05) is 54.6 Å². The largest absolute Gasteiger partial charge is 0.493 e. The summed E-state index contributed by atoms with van der Waals surface area (Å²) in [5.41, 5.74) is 3.52. The predicted molar refractivity (Wildman–Crippen MR) is 120 cm³/mol. The van der Waals surface area contributed by atoms with Crippen LogP contribution in [0.15, 0.2) is 78.9 Å². The minimum atomic E-state index is 0.0670. The highest BCUT2D eigenvalue weighted by atomic mass is 16.5. The Labute approximate surface area is 178 Å². The molecule has 4 heteroatoms. The summed E-state index contributed by atoms with van der Waals surface area (Å²) in [5.74, 6) is 1.60. The number of hydrogen-bond donors (Lipinski definition) is 1. The van der Waals surface area contributed by atoms with Gasteiger partial charge in [-0.05, 0) is 41.7 Å². The Kier molecular flexibility index (Phi) is 7.90. The summed E-state index contributed by atoms with van der Waals surface area (Å²) < 4.78 is 10.8. The van der Waals surface area contributed by atoms with E-state index < -0.39 is 0 Å². The van der Waals surface area contributed by atoms with Crippen LogP contribution in [0.5, 0.6) is 11.5 Å². The number of rotatable bonds is 10. The molecule has 0 saturated heterocycles. The van der Waals surface area contributed by atoms with Gasteiger partial charge in [0.2, 0.25) is 5.91 Å². The first kappa shape index (κ1) is 21.4. The zero-order valence-corrected chi connectivity index (χ0v) is 17.6. The van der Waals surface area contributed by atoms with Crippen LogP contribution >= 0.6 is 0 Å². The van der Waals surface area contributed by atoms with Crippen molar-refractivity contribution in [2.24, 2.45) is 0 Å². The number of aryl methyl sites for hydroxylation is 1. The van der Waals surface area contributed by atoms with Gasteiger partial charge < -0.3 is 14.8 Å². The third-order valence-electron chi connectivity index (χ3n) is 5.23. The zero-order valence-electron chi connectivity index (χ0n) is 17.6. The van der Waals surface area contributed by atoms with Gasteiger partial charge in [0, 0.05) is 18.9 Å². The molecule has 0 aromatic heterocycles. The number of amides is 1. The van der Waals surface area contributed by atoms with E-state index in [4.69, 9.17) is 9.47 Å². The van der Waals surface area contributed by atoms with E-state index in [0.29, 0.717) is 24.5 Å². The SMILES string of the molecule is COc1ccc([C@@H](CNC(=O)CCc2ccccc2)Cc2ccccc2)cc1OC. The summed E-state index contributed by atoms with van der Waals surface area (Å²) in [6.07, 6.45) is 2.05. The number of carbonyl (C=O) groups excluding carboxylic acids is 1. The Bertz CT molecular complexity index is 926. The first-order valence-corrected chi connectivity index (χ1v) is 10.3. The fourth-order valence-electron chi connectivity index (χ4n) is 3.54. The molecule has 1 N–H and O–H groups in total. The molecular formula is C26H29NO3. The van der Waals surface area contributed by atoms with Crippen LogP contribution in [0, 0.1) is 0 Å². The van der Waals surface area contributed by atoms with E-state index in [1.165, 1.54) is 11.1 Å². The Hall–Kier alpha value is -3.27. The molecule has 0 unspecified atom stereocenters. The van der Waals surface area contributed by atoms with Gasteiger partial charge >= 0.3 is 0 Å². The van der Waals surface area contributed by atoms with E-state index >= 15 is 0 Å². The van der Waals surface area contributed by atoms with Crippen LogP contribution in [-0.2, 0) is 17.6 Å². The topological polar surface area (TPSA) is 47.6 Å². The second-order valence-corrected chi connectivity index (χ2v) is 7.29. The van der Waals surface area contributed by atoms with Crippen LogP contribution < -0.4 is 14.8 Å². The molecule has 0 aliphatic heterocycles. The molecular weight excluding hydrogens is 374 g/mol. The van der Waals surface area contributed by atoms with Crippen molar-refractivity contribution in [1.29, 1.82) is 0 Å². The van der Waals surface area contributed by atoms with Crippen molar-refractivity contribution in [2.75, 3.05) is 20.8 Å². The lowest BCUT2D eigenvalue weighted by molar-refractivity contribution is -0.121. The quantitative estimate of drug-likeness (QED) is 0.530. The van der Waals surface area contributed by atoms with Crippen molar-refractivity contribution in [3.05, 3.63) is 95.6 Å². The minimum Gasteiger partial charge on any atom is -0.493 e. The molecule has 30 heavy (non-hydrogen) atoms. The number of carbonyl (C=O) groups is 1. The second-order valence-electron chi connectivity index (χ2n) is 7.29. The molecule has 156 valence electrons. The van der Waals surface area contributed by atoms with Crippen molar-refractivity contribution >= 4 is 5.91 Å². The van der Waals surface area contributed by atoms with Crippen LogP contribution in [0.3, 0.4) is 0 Å². The molecule has 3 aromatic rings. The monoisotopic (exact) mass is 403 g/mol. The Balaban J connectivity index is 1.69. The molecule has 0 aliphatic rings. The Morgan fingerprint density at radius 2 is 1.47 bits per heavy atom. The average molecular weight is 404 g/mol. The number of ether oxygens (including phenoxy) is 2. The first-order chi connectivity index (χ1) is 14.7. The molecule has 0 spiro atoms. The lowest BCUT2D eigenvalue weighted by Gasteiger charge is -2.20. The molecule has 0 fully saturated rings. The fraction of sp³-hybridized carbons (Fsp3) is 0.269. The molecule has 1 atom stereocenters. The average Bonchev–Trinajstić information content (AvgIpc) is 2.81. The van der Waals surface area contributed by atoms with Crippen LogP contribution in [0.4, 0.5) is 0 Å². The van der Waals surface area contributed by atoms with Crippen molar-refractivity contribution in [1.82, 2.24) is 5.32 Å². The summed E-state index contributed by atoms with van der Waals surface area (Å²) in [5, 5.41) is 3.13. The molecule has 0 radical (unpaired) electrons. The molecule has 4 nitrogen and oxygen atoms in total.